The molecule has 0 saturated carbocycles. The summed E-state index contributed by atoms with van der Waals surface area (Å²) < 4.78 is 5.99. The molecule has 3 heteroatoms. The van der Waals surface area contributed by atoms with E-state index in [1.165, 1.54) is 16.7 Å². The zero-order chi connectivity index (χ0) is 19.7. The summed E-state index contributed by atoms with van der Waals surface area (Å²) in [4.78, 5) is 2.27. The normalized spacial score (nSPS) is 11.1. The van der Waals surface area contributed by atoms with Crippen molar-refractivity contribution in [2.75, 3.05) is 13.6 Å². The lowest BCUT2D eigenvalue weighted by Gasteiger charge is -2.16. The summed E-state index contributed by atoms with van der Waals surface area (Å²) in [5.74, 6) is 7.26. The van der Waals surface area contributed by atoms with Crippen molar-refractivity contribution < 1.29 is 4.74 Å². The van der Waals surface area contributed by atoms with Crippen LogP contribution < -0.4 is 4.74 Å². The Hall–Kier alpha value is -2.21. The van der Waals surface area contributed by atoms with Gasteiger partial charge in [0.1, 0.15) is 12.4 Å². The number of halogens is 1. The molecule has 0 aromatic heterocycles. The number of ether oxygens (including phenoxy) is 1. The smallest absolute Gasteiger partial charge is 0.120 e. The fourth-order valence-electron chi connectivity index (χ4n) is 2.67. The van der Waals surface area contributed by atoms with Gasteiger partial charge in [0.2, 0.25) is 0 Å². The Morgan fingerprint density at radius 1 is 1.04 bits per heavy atom. The molecule has 0 bridgehead atoms. The number of nitrogens with zero attached hydrogens (tertiary/aromatic N) is 1. The Morgan fingerprint density at radius 2 is 1.75 bits per heavy atom. The van der Waals surface area contributed by atoms with Crippen molar-refractivity contribution in [2.24, 2.45) is 5.41 Å². The topological polar surface area (TPSA) is 12.5 Å². The predicted molar refractivity (Wildman–Crippen MR) is 122 cm³/mol. The number of hydrogen-bond acceptors (Lipinski definition) is 2. The van der Waals surface area contributed by atoms with E-state index < -0.39 is 0 Å². The lowest BCUT2D eigenvalue weighted by molar-refractivity contribution is 0.304. The number of hydrogen-bond donors (Lipinski definition) is 0. The first kappa shape index (κ1) is 23.8. The molecule has 0 heterocycles. The molecule has 2 rings (SSSR count). The highest BCUT2D eigenvalue weighted by Gasteiger charge is 2.04. The van der Waals surface area contributed by atoms with Gasteiger partial charge in [-0.2, -0.15) is 0 Å². The van der Waals surface area contributed by atoms with Gasteiger partial charge in [0.05, 0.1) is 0 Å². The molecule has 0 fully saturated rings. The maximum Gasteiger partial charge on any atom is 0.120 e. The molecular formula is C25H32ClNO. The van der Waals surface area contributed by atoms with Crippen molar-refractivity contribution in [1.82, 2.24) is 4.90 Å². The Kier molecular flexibility index (Phi) is 9.87. The molecule has 0 N–H and O–H groups in total. The van der Waals surface area contributed by atoms with E-state index in [0.717, 1.165) is 18.8 Å². The maximum absolute atomic E-state index is 5.99. The standard InChI is InChI=1S/C25H31NO.ClH/c1-21-16-23(19-26(5)15-11-7-10-14-25(2,3)4)18-24(17-21)27-20-22-12-8-6-9-13-22;/h6-9,11-13,16-18H,15,19-20H2,1-5H3;1H/b11-7+;. The summed E-state index contributed by atoms with van der Waals surface area (Å²) >= 11 is 0. The second-order valence-corrected chi connectivity index (χ2v) is 8.05. The molecular weight excluding hydrogens is 366 g/mol. The lowest BCUT2D eigenvalue weighted by Crippen LogP contribution is -2.17. The zero-order valence-electron chi connectivity index (χ0n) is 17.7. The van der Waals surface area contributed by atoms with Crippen molar-refractivity contribution in [3.8, 4) is 17.6 Å². The van der Waals surface area contributed by atoms with E-state index in [2.05, 4.69) is 87.9 Å². The van der Waals surface area contributed by atoms with Gasteiger partial charge in [-0.05, 0) is 69.6 Å². The number of allylic oxidation sites excluding steroid dienone is 1. The molecule has 0 saturated heterocycles. The minimum Gasteiger partial charge on any atom is -0.489 e. The van der Waals surface area contributed by atoms with E-state index in [4.69, 9.17) is 4.74 Å². The van der Waals surface area contributed by atoms with E-state index in [0.29, 0.717) is 6.61 Å². The highest BCUT2D eigenvalue weighted by Crippen LogP contribution is 2.19. The summed E-state index contributed by atoms with van der Waals surface area (Å²) in [6, 6.07) is 16.7. The van der Waals surface area contributed by atoms with E-state index in [-0.39, 0.29) is 17.8 Å². The molecule has 2 nitrogen and oxygen atoms in total. The predicted octanol–water partition coefficient (Wildman–Crippen LogP) is 6.03. The molecule has 0 spiro atoms. The zero-order valence-corrected chi connectivity index (χ0v) is 18.5. The van der Waals surface area contributed by atoms with Crippen LogP contribution in [-0.4, -0.2) is 18.5 Å². The van der Waals surface area contributed by atoms with E-state index >= 15 is 0 Å². The highest BCUT2D eigenvalue weighted by atomic mass is 35.5. The first-order chi connectivity index (χ1) is 12.8. The second-order valence-electron chi connectivity index (χ2n) is 8.05. The molecule has 0 aliphatic rings. The number of aryl methyl sites for hydroxylation is 1. The van der Waals surface area contributed by atoms with Gasteiger partial charge < -0.3 is 4.74 Å². The van der Waals surface area contributed by atoms with Gasteiger partial charge in [-0.1, -0.05) is 54.3 Å². The Morgan fingerprint density at radius 3 is 2.43 bits per heavy atom. The van der Waals surface area contributed by atoms with Crippen LogP contribution in [0.3, 0.4) is 0 Å². The third kappa shape index (κ3) is 9.65. The van der Waals surface area contributed by atoms with Crippen LogP contribution in [0.2, 0.25) is 0 Å². The second kappa shape index (κ2) is 11.6. The van der Waals surface area contributed by atoms with Gasteiger partial charge in [-0.25, -0.2) is 0 Å². The van der Waals surface area contributed by atoms with Gasteiger partial charge in [0, 0.05) is 18.5 Å². The Bertz CT molecular complexity index is 810. The number of rotatable bonds is 7. The van der Waals surface area contributed by atoms with Crippen molar-refractivity contribution >= 4 is 12.4 Å². The minimum atomic E-state index is 0. The van der Waals surface area contributed by atoms with Crippen LogP contribution in [0.4, 0.5) is 0 Å². The Labute approximate surface area is 177 Å². The van der Waals surface area contributed by atoms with Crippen molar-refractivity contribution in [3.05, 3.63) is 77.4 Å². The molecule has 0 amide bonds. The fourth-order valence-corrected chi connectivity index (χ4v) is 2.67. The first-order valence-electron chi connectivity index (χ1n) is 9.45. The number of likely N-dealkylation sites (N-methyl/N-ethyl adjacent to an activating group) is 1. The molecule has 0 unspecified atom stereocenters. The quantitative estimate of drug-likeness (QED) is 0.528. The average molecular weight is 398 g/mol. The third-order valence-electron chi connectivity index (χ3n) is 3.88. The Balaban J connectivity index is 0.00000392. The third-order valence-corrected chi connectivity index (χ3v) is 3.88. The van der Waals surface area contributed by atoms with Crippen molar-refractivity contribution in [2.45, 2.75) is 40.8 Å². The maximum atomic E-state index is 5.99. The SMILES string of the molecule is Cc1cc(CN(C)C/C=C/C#CC(C)(C)C)cc(OCc2ccccc2)c1.Cl. The lowest BCUT2D eigenvalue weighted by atomic mass is 9.98. The first-order valence-corrected chi connectivity index (χ1v) is 9.45. The molecule has 0 atom stereocenters. The number of benzene rings is 2. The summed E-state index contributed by atoms with van der Waals surface area (Å²) in [7, 11) is 2.12. The monoisotopic (exact) mass is 397 g/mol. The van der Waals surface area contributed by atoms with E-state index in [9.17, 15) is 0 Å². The highest BCUT2D eigenvalue weighted by molar-refractivity contribution is 5.85. The van der Waals surface area contributed by atoms with Gasteiger partial charge >= 0.3 is 0 Å². The molecule has 2 aromatic carbocycles. The van der Waals surface area contributed by atoms with Crippen LogP contribution in [0, 0.1) is 24.2 Å². The van der Waals surface area contributed by atoms with E-state index in [1.54, 1.807) is 0 Å². The average Bonchev–Trinajstić information content (AvgIpc) is 2.59. The summed E-state index contributed by atoms with van der Waals surface area (Å²) in [6.45, 7) is 10.8. The minimum absolute atomic E-state index is 0. The van der Waals surface area contributed by atoms with Crippen LogP contribution in [0.15, 0.2) is 60.7 Å². The van der Waals surface area contributed by atoms with Crippen molar-refractivity contribution in [3.63, 3.8) is 0 Å². The van der Waals surface area contributed by atoms with Crippen LogP contribution >= 0.6 is 12.4 Å². The molecule has 0 radical (unpaired) electrons. The molecule has 0 aliphatic carbocycles. The molecule has 0 aliphatic heterocycles. The summed E-state index contributed by atoms with van der Waals surface area (Å²) in [6.07, 6.45) is 4.06. The largest absolute Gasteiger partial charge is 0.489 e. The fraction of sp³-hybridized carbons (Fsp3) is 0.360. The summed E-state index contributed by atoms with van der Waals surface area (Å²) in [5, 5.41) is 0. The molecule has 28 heavy (non-hydrogen) atoms. The molecule has 2 aromatic rings. The van der Waals surface area contributed by atoms with Crippen LogP contribution in [-0.2, 0) is 13.2 Å². The van der Waals surface area contributed by atoms with Gasteiger partial charge in [-0.3, -0.25) is 4.90 Å². The van der Waals surface area contributed by atoms with E-state index in [1.807, 2.05) is 24.3 Å². The van der Waals surface area contributed by atoms with Gasteiger partial charge in [0.25, 0.3) is 0 Å². The van der Waals surface area contributed by atoms with Crippen LogP contribution in [0.25, 0.3) is 0 Å². The van der Waals surface area contributed by atoms with Crippen LogP contribution in [0.1, 0.15) is 37.5 Å². The van der Waals surface area contributed by atoms with Gasteiger partial charge in [-0.15, -0.1) is 12.4 Å². The van der Waals surface area contributed by atoms with Gasteiger partial charge in [0.15, 0.2) is 0 Å². The van der Waals surface area contributed by atoms with Crippen LogP contribution in [0.5, 0.6) is 5.75 Å². The molecule has 150 valence electrons. The van der Waals surface area contributed by atoms with Crippen molar-refractivity contribution in [1.29, 1.82) is 0 Å². The summed E-state index contributed by atoms with van der Waals surface area (Å²) in [5.41, 5.74) is 3.71.